The predicted octanol–water partition coefficient (Wildman–Crippen LogP) is 0.855. The van der Waals surface area contributed by atoms with E-state index < -0.39 is 5.97 Å². The molecule has 2 rings (SSSR count). The second-order valence-electron chi connectivity index (χ2n) is 3.44. The third kappa shape index (κ3) is 2.14. The predicted molar refractivity (Wildman–Crippen MR) is 56.2 cm³/mol. The topological polar surface area (TPSA) is 49.3 Å². The van der Waals surface area contributed by atoms with Crippen LogP contribution in [0.2, 0.25) is 0 Å². The van der Waals surface area contributed by atoms with Gasteiger partial charge in [0.1, 0.15) is 6.04 Å². The third-order valence-electron chi connectivity index (χ3n) is 2.50. The van der Waals surface area contributed by atoms with Crippen LogP contribution in [0.15, 0.2) is 0 Å². The van der Waals surface area contributed by atoms with Gasteiger partial charge in [-0.15, -0.1) is 11.8 Å². The molecule has 0 aromatic rings. The van der Waals surface area contributed by atoms with Gasteiger partial charge in [-0.25, -0.2) is 0 Å². The van der Waals surface area contributed by atoms with Crippen molar-refractivity contribution < 1.29 is 9.90 Å². The van der Waals surface area contributed by atoms with Crippen LogP contribution in [-0.2, 0) is 4.79 Å². The molecule has 0 amide bonds. The first-order valence-electron chi connectivity index (χ1n) is 4.45. The summed E-state index contributed by atoms with van der Waals surface area (Å²) in [6, 6.07) is -0.319. The SMILES string of the molecule is O=C(O)[C@@H]1CSC(C2CCSC2)N1. The van der Waals surface area contributed by atoms with Crippen molar-refractivity contribution in [2.45, 2.75) is 17.8 Å². The molecule has 5 heteroatoms. The molecule has 2 heterocycles. The summed E-state index contributed by atoms with van der Waals surface area (Å²) >= 11 is 3.75. The van der Waals surface area contributed by atoms with Gasteiger partial charge in [0.05, 0.1) is 5.37 Å². The minimum atomic E-state index is -0.708. The summed E-state index contributed by atoms with van der Waals surface area (Å²) in [4.78, 5) is 10.7. The van der Waals surface area contributed by atoms with Gasteiger partial charge in [0.2, 0.25) is 0 Å². The van der Waals surface area contributed by atoms with Crippen LogP contribution in [0.25, 0.3) is 0 Å². The van der Waals surface area contributed by atoms with Crippen molar-refractivity contribution in [2.24, 2.45) is 5.92 Å². The Hall–Kier alpha value is 0.130. The van der Waals surface area contributed by atoms with Gasteiger partial charge in [0.15, 0.2) is 0 Å². The van der Waals surface area contributed by atoms with Crippen LogP contribution in [0.3, 0.4) is 0 Å². The van der Waals surface area contributed by atoms with Gasteiger partial charge in [-0.1, -0.05) is 0 Å². The highest BCUT2D eigenvalue weighted by atomic mass is 32.2. The van der Waals surface area contributed by atoms with Crippen LogP contribution in [0.5, 0.6) is 0 Å². The molecule has 3 nitrogen and oxygen atoms in total. The maximum absolute atomic E-state index is 10.7. The van der Waals surface area contributed by atoms with E-state index in [4.69, 9.17) is 5.11 Å². The van der Waals surface area contributed by atoms with E-state index >= 15 is 0 Å². The molecule has 2 aliphatic heterocycles. The van der Waals surface area contributed by atoms with Crippen molar-refractivity contribution in [1.29, 1.82) is 0 Å². The minimum Gasteiger partial charge on any atom is -0.480 e. The highest BCUT2D eigenvalue weighted by molar-refractivity contribution is 8.00. The second-order valence-corrected chi connectivity index (χ2v) is 5.76. The molecule has 2 aliphatic rings. The van der Waals surface area contributed by atoms with Crippen LogP contribution in [0, 0.1) is 5.92 Å². The molecule has 13 heavy (non-hydrogen) atoms. The van der Waals surface area contributed by atoms with E-state index in [2.05, 4.69) is 5.32 Å². The van der Waals surface area contributed by atoms with E-state index in [-0.39, 0.29) is 6.04 Å². The number of carboxylic acids is 1. The Bertz CT molecular complexity index is 206. The van der Waals surface area contributed by atoms with Crippen LogP contribution in [0.4, 0.5) is 0 Å². The monoisotopic (exact) mass is 219 g/mol. The molecular formula is C8H13NO2S2. The summed E-state index contributed by atoms with van der Waals surface area (Å²) in [6.07, 6.45) is 1.24. The lowest BCUT2D eigenvalue weighted by Crippen LogP contribution is -2.39. The van der Waals surface area contributed by atoms with E-state index in [0.29, 0.717) is 11.3 Å². The molecule has 0 saturated carbocycles. The van der Waals surface area contributed by atoms with Crippen molar-refractivity contribution in [3.8, 4) is 0 Å². The zero-order valence-corrected chi connectivity index (χ0v) is 8.87. The first-order chi connectivity index (χ1) is 6.27. The van der Waals surface area contributed by atoms with Crippen molar-refractivity contribution in [2.75, 3.05) is 17.3 Å². The Morgan fingerprint density at radius 1 is 1.46 bits per heavy atom. The summed E-state index contributed by atoms with van der Waals surface area (Å²) in [5, 5.41) is 12.4. The van der Waals surface area contributed by atoms with Gasteiger partial charge in [0.25, 0.3) is 0 Å². The lowest BCUT2D eigenvalue weighted by atomic mass is 10.1. The molecule has 74 valence electrons. The van der Waals surface area contributed by atoms with Gasteiger partial charge < -0.3 is 5.11 Å². The molecule has 0 aromatic carbocycles. The molecule has 0 spiro atoms. The third-order valence-corrected chi connectivity index (χ3v) is 5.09. The average Bonchev–Trinajstić information content (AvgIpc) is 2.75. The number of rotatable bonds is 2. The molecule has 0 radical (unpaired) electrons. The largest absolute Gasteiger partial charge is 0.480 e. The molecule has 0 aromatic heterocycles. The number of nitrogens with one attached hydrogen (secondary N) is 1. The molecule has 3 atom stereocenters. The standard InChI is InChI=1S/C8H13NO2S2/c10-8(11)6-4-13-7(9-6)5-1-2-12-3-5/h5-7,9H,1-4H2,(H,10,11)/t5?,6-,7?/m0/s1. The van der Waals surface area contributed by atoms with Crippen molar-refractivity contribution in [3.63, 3.8) is 0 Å². The second kappa shape index (κ2) is 4.11. The van der Waals surface area contributed by atoms with E-state index in [1.54, 1.807) is 11.8 Å². The highest BCUT2D eigenvalue weighted by Crippen LogP contribution is 2.34. The average molecular weight is 219 g/mol. The number of carbonyl (C=O) groups is 1. The lowest BCUT2D eigenvalue weighted by molar-refractivity contribution is -0.138. The molecule has 2 unspecified atom stereocenters. The van der Waals surface area contributed by atoms with Crippen LogP contribution < -0.4 is 5.32 Å². The number of thioether (sulfide) groups is 2. The fourth-order valence-corrected chi connectivity index (χ4v) is 4.52. The normalized spacial score (nSPS) is 39.5. The van der Waals surface area contributed by atoms with Gasteiger partial charge in [-0.3, -0.25) is 10.1 Å². The molecule has 0 bridgehead atoms. The Balaban J connectivity index is 1.86. The highest BCUT2D eigenvalue weighted by Gasteiger charge is 2.35. The quantitative estimate of drug-likeness (QED) is 0.721. The van der Waals surface area contributed by atoms with E-state index in [1.807, 2.05) is 11.8 Å². The van der Waals surface area contributed by atoms with E-state index in [9.17, 15) is 4.79 Å². The summed E-state index contributed by atoms with van der Waals surface area (Å²) in [7, 11) is 0. The number of hydrogen-bond donors (Lipinski definition) is 2. The zero-order chi connectivity index (χ0) is 9.26. The molecule has 2 N–H and O–H groups in total. The fourth-order valence-electron chi connectivity index (χ4n) is 1.70. The van der Waals surface area contributed by atoms with Crippen molar-refractivity contribution in [3.05, 3.63) is 0 Å². The first kappa shape index (κ1) is 9.68. The van der Waals surface area contributed by atoms with Gasteiger partial charge in [0, 0.05) is 5.75 Å². The number of aliphatic carboxylic acids is 1. The maximum Gasteiger partial charge on any atom is 0.321 e. The Kier molecular flexibility index (Phi) is 3.06. The van der Waals surface area contributed by atoms with Gasteiger partial charge >= 0.3 is 5.97 Å². The zero-order valence-electron chi connectivity index (χ0n) is 7.23. The number of hydrogen-bond acceptors (Lipinski definition) is 4. The summed E-state index contributed by atoms with van der Waals surface area (Å²) < 4.78 is 0. The number of carboxylic acid groups (broad SMARTS) is 1. The first-order valence-corrected chi connectivity index (χ1v) is 6.66. The van der Waals surface area contributed by atoms with Gasteiger partial charge in [-0.05, 0) is 23.8 Å². The van der Waals surface area contributed by atoms with Crippen LogP contribution in [-0.4, -0.2) is 39.8 Å². The van der Waals surface area contributed by atoms with Crippen LogP contribution in [0.1, 0.15) is 6.42 Å². The molecule has 2 fully saturated rings. The van der Waals surface area contributed by atoms with Crippen LogP contribution >= 0.6 is 23.5 Å². The van der Waals surface area contributed by atoms with E-state index in [0.717, 1.165) is 5.75 Å². The Morgan fingerprint density at radius 2 is 2.31 bits per heavy atom. The summed E-state index contributed by atoms with van der Waals surface area (Å²) in [6.45, 7) is 0. The lowest BCUT2D eigenvalue weighted by Gasteiger charge is -2.16. The smallest absolute Gasteiger partial charge is 0.321 e. The Labute approximate surface area is 86.0 Å². The van der Waals surface area contributed by atoms with Crippen molar-refractivity contribution >= 4 is 29.5 Å². The summed E-state index contributed by atoms with van der Waals surface area (Å²) in [5.41, 5.74) is 0. The maximum atomic E-state index is 10.7. The summed E-state index contributed by atoms with van der Waals surface area (Å²) in [5.74, 6) is 3.12. The molecule has 0 aliphatic carbocycles. The molecular weight excluding hydrogens is 206 g/mol. The molecule has 2 saturated heterocycles. The van der Waals surface area contributed by atoms with Crippen molar-refractivity contribution in [1.82, 2.24) is 5.32 Å². The van der Waals surface area contributed by atoms with Gasteiger partial charge in [-0.2, -0.15) is 11.8 Å². The fraction of sp³-hybridized carbons (Fsp3) is 0.875. The Morgan fingerprint density at radius 3 is 2.85 bits per heavy atom. The minimum absolute atomic E-state index is 0.319. The van der Waals surface area contributed by atoms with E-state index in [1.165, 1.54) is 17.9 Å².